The van der Waals surface area contributed by atoms with Crippen LogP contribution in [-0.2, 0) is 11.4 Å². The summed E-state index contributed by atoms with van der Waals surface area (Å²) in [4.78, 5) is 10.7. The van der Waals surface area contributed by atoms with Gasteiger partial charge in [-0.25, -0.2) is 4.39 Å². The second-order valence-electron chi connectivity index (χ2n) is 4.31. The monoisotopic (exact) mass is 397 g/mol. The number of halogens is 2. The summed E-state index contributed by atoms with van der Waals surface area (Å²) in [6.07, 6.45) is 2.93. The zero-order valence-electron chi connectivity index (χ0n) is 11.1. The van der Waals surface area contributed by atoms with Crippen molar-refractivity contribution in [2.75, 3.05) is 0 Å². The van der Waals surface area contributed by atoms with Gasteiger partial charge >= 0.3 is 0 Å². The van der Waals surface area contributed by atoms with Crippen molar-refractivity contribution >= 4 is 34.6 Å². The van der Waals surface area contributed by atoms with E-state index in [-0.39, 0.29) is 12.4 Å². The van der Waals surface area contributed by atoms with Gasteiger partial charge in [0, 0.05) is 11.6 Å². The van der Waals surface area contributed by atoms with E-state index in [4.69, 9.17) is 10.5 Å². The molecular formula is C16H13FINO2. The average molecular weight is 397 g/mol. The number of hydrogen-bond donors (Lipinski definition) is 1. The Bertz CT molecular complexity index is 686. The molecule has 0 radical (unpaired) electrons. The molecule has 0 saturated heterocycles. The lowest BCUT2D eigenvalue weighted by Crippen LogP contribution is -2.05. The molecule has 21 heavy (non-hydrogen) atoms. The van der Waals surface area contributed by atoms with Gasteiger partial charge in [0.25, 0.3) is 0 Å². The van der Waals surface area contributed by atoms with Gasteiger partial charge in [0.1, 0.15) is 18.2 Å². The number of ether oxygens (including phenoxy) is 1. The van der Waals surface area contributed by atoms with Gasteiger partial charge in [0.05, 0.1) is 3.57 Å². The number of hydrogen-bond acceptors (Lipinski definition) is 2. The quantitative estimate of drug-likeness (QED) is 0.620. The van der Waals surface area contributed by atoms with E-state index in [9.17, 15) is 9.18 Å². The fourth-order valence-electron chi connectivity index (χ4n) is 1.69. The lowest BCUT2D eigenvalue weighted by molar-refractivity contribution is -0.113. The van der Waals surface area contributed by atoms with Crippen LogP contribution >= 0.6 is 22.6 Å². The Morgan fingerprint density at radius 3 is 2.71 bits per heavy atom. The predicted molar refractivity (Wildman–Crippen MR) is 88.1 cm³/mol. The van der Waals surface area contributed by atoms with Crippen molar-refractivity contribution < 1.29 is 13.9 Å². The molecule has 0 aliphatic heterocycles. The molecule has 5 heteroatoms. The minimum atomic E-state index is -0.495. The van der Waals surface area contributed by atoms with Crippen molar-refractivity contribution in [1.29, 1.82) is 0 Å². The highest BCUT2D eigenvalue weighted by Gasteiger charge is 2.05. The Balaban J connectivity index is 2.08. The fourth-order valence-corrected chi connectivity index (χ4v) is 2.38. The minimum Gasteiger partial charge on any atom is -0.488 e. The molecule has 2 N–H and O–H groups in total. The van der Waals surface area contributed by atoms with Crippen LogP contribution < -0.4 is 10.5 Å². The van der Waals surface area contributed by atoms with Crippen LogP contribution in [0.25, 0.3) is 6.08 Å². The topological polar surface area (TPSA) is 52.3 Å². The summed E-state index contributed by atoms with van der Waals surface area (Å²) in [7, 11) is 0. The van der Waals surface area contributed by atoms with Crippen LogP contribution in [0.3, 0.4) is 0 Å². The molecule has 0 heterocycles. The Labute approximate surface area is 135 Å². The molecule has 3 nitrogen and oxygen atoms in total. The number of benzene rings is 2. The zero-order chi connectivity index (χ0) is 15.2. The summed E-state index contributed by atoms with van der Waals surface area (Å²) in [5.74, 6) is -0.117. The minimum absolute atomic E-state index is 0.166. The molecule has 2 aromatic carbocycles. The number of rotatable bonds is 5. The summed E-state index contributed by atoms with van der Waals surface area (Å²) in [5.41, 5.74) is 6.40. The second-order valence-corrected chi connectivity index (χ2v) is 5.47. The first-order valence-corrected chi connectivity index (χ1v) is 7.27. The van der Waals surface area contributed by atoms with E-state index in [1.807, 2.05) is 6.07 Å². The van der Waals surface area contributed by atoms with Gasteiger partial charge in [-0.2, -0.15) is 0 Å². The van der Waals surface area contributed by atoms with Gasteiger partial charge < -0.3 is 10.5 Å². The first-order valence-electron chi connectivity index (χ1n) is 6.19. The SMILES string of the molecule is NC(=O)/C=C/c1ccc(OCc2ccccc2F)c(I)c1. The molecular weight excluding hydrogens is 384 g/mol. The lowest BCUT2D eigenvalue weighted by Gasteiger charge is -2.09. The molecule has 0 spiro atoms. The molecule has 0 bridgehead atoms. The standard InChI is InChI=1S/C16H13FINO2/c17-13-4-2-1-3-12(13)10-21-15-7-5-11(9-14(15)18)6-8-16(19)20/h1-9H,10H2,(H2,19,20)/b8-6+. The molecule has 0 unspecified atom stereocenters. The molecule has 0 saturated carbocycles. The van der Waals surface area contributed by atoms with E-state index in [1.165, 1.54) is 12.1 Å². The summed E-state index contributed by atoms with van der Waals surface area (Å²) >= 11 is 2.13. The molecule has 0 aliphatic carbocycles. The number of carbonyl (C=O) groups excluding carboxylic acids is 1. The van der Waals surface area contributed by atoms with Crippen molar-refractivity contribution in [3.8, 4) is 5.75 Å². The predicted octanol–water partition coefficient (Wildman–Crippen LogP) is 3.51. The van der Waals surface area contributed by atoms with Crippen molar-refractivity contribution in [2.24, 2.45) is 5.73 Å². The van der Waals surface area contributed by atoms with E-state index in [0.29, 0.717) is 11.3 Å². The Morgan fingerprint density at radius 1 is 1.29 bits per heavy atom. The molecule has 108 valence electrons. The molecule has 2 aromatic rings. The smallest absolute Gasteiger partial charge is 0.241 e. The van der Waals surface area contributed by atoms with E-state index < -0.39 is 5.91 Å². The normalized spacial score (nSPS) is 10.8. The number of amides is 1. The Hall–Kier alpha value is -1.89. The van der Waals surface area contributed by atoms with Crippen LogP contribution in [0, 0.1) is 9.39 Å². The average Bonchev–Trinajstić information content (AvgIpc) is 2.45. The molecule has 2 rings (SSSR count). The van der Waals surface area contributed by atoms with Gasteiger partial charge in [0.15, 0.2) is 0 Å². The number of carbonyl (C=O) groups is 1. The zero-order valence-corrected chi connectivity index (χ0v) is 13.2. The van der Waals surface area contributed by atoms with Gasteiger partial charge in [-0.1, -0.05) is 24.3 Å². The summed E-state index contributed by atoms with van der Waals surface area (Å²) in [6.45, 7) is 0.166. The van der Waals surface area contributed by atoms with Gasteiger partial charge in [0.2, 0.25) is 5.91 Å². The third-order valence-electron chi connectivity index (χ3n) is 2.74. The maximum atomic E-state index is 13.5. The summed E-state index contributed by atoms with van der Waals surface area (Å²) < 4.78 is 20.0. The molecule has 0 fully saturated rings. The first kappa shape index (κ1) is 15.5. The van der Waals surface area contributed by atoms with Gasteiger partial charge in [-0.3, -0.25) is 4.79 Å². The van der Waals surface area contributed by atoms with Crippen molar-refractivity contribution in [3.05, 3.63) is 69.1 Å². The van der Waals surface area contributed by atoms with Crippen LogP contribution in [0.4, 0.5) is 4.39 Å². The number of nitrogens with two attached hydrogens (primary N) is 1. The van der Waals surface area contributed by atoms with Crippen LogP contribution in [0.15, 0.2) is 48.5 Å². The van der Waals surface area contributed by atoms with Crippen molar-refractivity contribution in [3.63, 3.8) is 0 Å². The third kappa shape index (κ3) is 4.56. The second kappa shape index (κ2) is 7.21. The highest BCUT2D eigenvalue weighted by atomic mass is 127. The lowest BCUT2D eigenvalue weighted by atomic mass is 10.2. The third-order valence-corrected chi connectivity index (χ3v) is 3.58. The Kier molecular flexibility index (Phi) is 5.32. The van der Waals surface area contributed by atoms with E-state index >= 15 is 0 Å². The van der Waals surface area contributed by atoms with Gasteiger partial charge in [-0.15, -0.1) is 0 Å². The van der Waals surface area contributed by atoms with E-state index in [1.54, 1.807) is 36.4 Å². The van der Waals surface area contributed by atoms with Crippen LogP contribution in [0.2, 0.25) is 0 Å². The maximum absolute atomic E-state index is 13.5. The fraction of sp³-hybridized carbons (Fsp3) is 0.0625. The number of primary amides is 1. The summed E-state index contributed by atoms with van der Waals surface area (Å²) in [5, 5.41) is 0. The van der Waals surface area contributed by atoms with Crippen LogP contribution in [0.1, 0.15) is 11.1 Å². The van der Waals surface area contributed by atoms with Crippen LogP contribution in [-0.4, -0.2) is 5.91 Å². The van der Waals surface area contributed by atoms with Crippen molar-refractivity contribution in [1.82, 2.24) is 0 Å². The highest BCUT2D eigenvalue weighted by Crippen LogP contribution is 2.24. The molecule has 1 amide bonds. The highest BCUT2D eigenvalue weighted by molar-refractivity contribution is 14.1. The van der Waals surface area contributed by atoms with Gasteiger partial charge in [-0.05, 0) is 52.4 Å². The van der Waals surface area contributed by atoms with E-state index in [2.05, 4.69) is 22.6 Å². The van der Waals surface area contributed by atoms with E-state index in [0.717, 1.165) is 9.13 Å². The first-order chi connectivity index (χ1) is 10.1. The van der Waals surface area contributed by atoms with Crippen LogP contribution in [0.5, 0.6) is 5.75 Å². The largest absolute Gasteiger partial charge is 0.488 e. The molecule has 0 aliphatic rings. The molecule has 0 aromatic heterocycles. The maximum Gasteiger partial charge on any atom is 0.241 e. The molecule has 0 atom stereocenters. The summed E-state index contributed by atoms with van der Waals surface area (Å²) in [6, 6.07) is 11.9. The van der Waals surface area contributed by atoms with Crippen molar-refractivity contribution in [2.45, 2.75) is 6.61 Å². The Morgan fingerprint density at radius 2 is 2.05 bits per heavy atom.